The number of carbonyl (C=O) groups excluding carboxylic acids is 1. The van der Waals surface area contributed by atoms with Gasteiger partial charge >= 0.3 is 0 Å². The highest BCUT2D eigenvalue weighted by Crippen LogP contribution is 2.23. The minimum Gasteiger partial charge on any atom is -0.333 e. The van der Waals surface area contributed by atoms with E-state index in [0.29, 0.717) is 17.2 Å². The molecule has 1 saturated heterocycles. The molecule has 5 heteroatoms. The van der Waals surface area contributed by atoms with E-state index in [2.05, 4.69) is 0 Å². The van der Waals surface area contributed by atoms with Crippen LogP contribution in [0.5, 0.6) is 0 Å². The van der Waals surface area contributed by atoms with E-state index in [9.17, 15) is 4.79 Å². The summed E-state index contributed by atoms with van der Waals surface area (Å²) in [7, 11) is 0. The van der Waals surface area contributed by atoms with Crippen LogP contribution in [0.2, 0.25) is 5.02 Å². The van der Waals surface area contributed by atoms with Gasteiger partial charge in [0.15, 0.2) is 0 Å². The van der Waals surface area contributed by atoms with Crippen LogP contribution < -0.4 is 5.90 Å². The smallest absolute Gasteiger partial charge is 0.255 e. The summed E-state index contributed by atoms with van der Waals surface area (Å²) < 4.78 is 0. The molecule has 1 fully saturated rings. The second-order valence-electron chi connectivity index (χ2n) is 4.46. The normalized spacial score (nSPS) is 19.9. The van der Waals surface area contributed by atoms with Crippen LogP contribution >= 0.6 is 11.6 Å². The summed E-state index contributed by atoms with van der Waals surface area (Å²) in [6.45, 7) is 1.11. The molecule has 2 rings (SSSR count). The minimum absolute atomic E-state index is 0.0395. The molecule has 1 heterocycles. The summed E-state index contributed by atoms with van der Waals surface area (Å²) >= 11 is 6.06. The highest BCUT2D eigenvalue weighted by atomic mass is 35.5. The number of hydrogen-bond acceptors (Lipinski definition) is 3. The third kappa shape index (κ3) is 2.83. The van der Waals surface area contributed by atoms with E-state index < -0.39 is 0 Å². The van der Waals surface area contributed by atoms with Gasteiger partial charge in [-0.15, -0.1) is 0 Å². The zero-order chi connectivity index (χ0) is 13.0. The SMILES string of the molecule is NOCC1CCCCN1C(=O)c1ccccc1Cl. The van der Waals surface area contributed by atoms with Crippen LogP contribution in [0.1, 0.15) is 29.6 Å². The summed E-state index contributed by atoms with van der Waals surface area (Å²) in [6.07, 6.45) is 3.03. The molecule has 1 amide bonds. The number of likely N-dealkylation sites (tertiary alicyclic amines) is 1. The quantitative estimate of drug-likeness (QED) is 0.856. The first kappa shape index (κ1) is 13.3. The molecule has 0 radical (unpaired) electrons. The lowest BCUT2D eigenvalue weighted by atomic mass is 10.0. The van der Waals surface area contributed by atoms with Gasteiger partial charge in [-0.2, -0.15) is 0 Å². The van der Waals surface area contributed by atoms with Gasteiger partial charge in [0.05, 0.1) is 23.2 Å². The molecular formula is C13H17ClN2O2. The Bertz CT molecular complexity index is 423. The van der Waals surface area contributed by atoms with Gasteiger partial charge in [0.25, 0.3) is 5.91 Å². The highest BCUT2D eigenvalue weighted by molar-refractivity contribution is 6.33. The lowest BCUT2D eigenvalue weighted by molar-refractivity contribution is 0.0314. The molecule has 0 saturated carbocycles. The summed E-state index contributed by atoms with van der Waals surface area (Å²) in [5, 5.41) is 0.487. The second kappa shape index (κ2) is 6.18. The van der Waals surface area contributed by atoms with Gasteiger partial charge < -0.3 is 9.74 Å². The molecule has 0 spiro atoms. The molecule has 2 N–H and O–H groups in total. The van der Waals surface area contributed by atoms with Gasteiger partial charge in [0, 0.05) is 6.54 Å². The van der Waals surface area contributed by atoms with Crippen molar-refractivity contribution in [2.75, 3.05) is 13.2 Å². The van der Waals surface area contributed by atoms with Gasteiger partial charge in [-0.1, -0.05) is 23.7 Å². The molecule has 1 aliphatic heterocycles. The second-order valence-corrected chi connectivity index (χ2v) is 4.87. The zero-order valence-electron chi connectivity index (χ0n) is 10.1. The van der Waals surface area contributed by atoms with Crippen molar-refractivity contribution in [3.05, 3.63) is 34.9 Å². The monoisotopic (exact) mass is 268 g/mol. The van der Waals surface area contributed by atoms with Crippen molar-refractivity contribution >= 4 is 17.5 Å². The molecule has 1 atom stereocenters. The standard InChI is InChI=1S/C13H17ClN2O2/c14-12-7-2-1-6-11(12)13(17)16-8-4-3-5-10(16)9-18-15/h1-2,6-7,10H,3-5,8-9,15H2. The number of amides is 1. The van der Waals surface area contributed by atoms with E-state index in [1.54, 1.807) is 12.1 Å². The lowest BCUT2D eigenvalue weighted by Gasteiger charge is -2.35. The maximum absolute atomic E-state index is 12.5. The van der Waals surface area contributed by atoms with E-state index in [-0.39, 0.29) is 11.9 Å². The van der Waals surface area contributed by atoms with E-state index in [1.165, 1.54) is 0 Å². The Kier molecular flexibility index (Phi) is 4.58. The van der Waals surface area contributed by atoms with Crippen LogP contribution in [0.25, 0.3) is 0 Å². The molecule has 0 aliphatic carbocycles. The van der Waals surface area contributed by atoms with Crippen molar-refractivity contribution in [2.24, 2.45) is 5.90 Å². The molecule has 1 unspecified atom stereocenters. The summed E-state index contributed by atoms with van der Waals surface area (Å²) in [5.41, 5.74) is 0.545. The number of halogens is 1. The third-order valence-corrected chi connectivity index (χ3v) is 3.61. The third-order valence-electron chi connectivity index (χ3n) is 3.28. The predicted octanol–water partition coefficient (Wildman–Crippen LogP) is 2.22. The van der Waals surface area contributed by atoms with E-state index >= 15 is 0 Å². The Morgan fingerprint density at radius 1 is 1.44 bits per heavy atom. The van der Waals surface area contributed by atoms with Crippen LogP contribution in [-0.4, -0.2) is 30.0 Å². The fourth-order valence-electron chi connectivity index (χ4n) is 2.34. The molecule has 0 bridgehead atoms. The van der Waals surface area contributed by atoms with Crippen LogP contribution in [0.3, 0.4) is 0 Å². The van der Waals surface area contributed by atoms with Crippen LogP contribution in [-0.2, 0) is 4.84 Å². The number of benzene rings is 1. The lowest BCUT2D eigenvalue weighted by Crippen LogP contribution is -2.46. The number of nitrogens with two attached hydrogens (primary N) is 1. The first-order valence-corrected chi connectivity index (χ1v) is 6.49. The Labute approximate surface area is 112 Å². The molecule has 1 aromatic carbocycles. The maximum atomic E-state index is 12.5. The fraction of sp³-hybridized carbons (Fsp3) is 0.462. The maximum Gasteiger partial charge on any atom is 0.255 e. The van der Waals surface area contributed by atoms with Crippen molar-refractivity contribution in [3.63, 3.8) is 0 Å². The van der Waals surface area contributed by atoms with Crippen molar-refractivity contribution in [1.29, 1.82) is 0 Å². The van der Waals surface area contributed by atoms with Crippen molar-refractivity contribution < 1.29 is 9.63 Å². The highest BCUT2D eigenvalue weighted by Gasteiger charge is 2.28. The summed E-state index contributed by atoms with van der Waals surface area (Å²) in [5.74, 6) is 5.09. The fourth-order valence-corrected chi connectivity index (χ4v) is 2.56. The number of piperidine rings is 1. The van der Waals surface area contributed by atoms with Crippen LogP contribution in [0.15, 0.2) is 24.3 Å². The molecule has 4 nitrogen and oxygen atoms in total. The number of carbonyl (C=O) groups is 1. The topological polar surface area (TPSA) is 55.6 Å². The van der Waals surface area contributed by atoms with E-state index in [4.69, 9.17) is 22.3 Å². The first-order chi connectivity index (χ1) is 8.74. The Balaban J connectivity index is 2.18. The molecule has 0 aromatic heterocycles. The van der Waals surface area contributed by atoms with Crippen LogP contribution in [0.4, 0.5) is 0 Å². The van der Waals surface area contributed by atoms with Crippen molar-refractivity contribution in [3.8, 4) is 0 Å². The van der Waals surface area contributed by atoms with Gasteiger partial charge in [-0.3, -0.25) is 4.79 Å². The molecular weight excluding hydrogens is 252 g/mol. The molecule has 1 aromatic rings. The largest absolute Gasteiger partial charge is 0.333 e. The van der Waals surface area contributed by atoms with Crippen LogP contribution in [0, 0.1) is 0 Å². The first-order valence-electron chi connectivity index (χ1n) is 6.11. The average Bonchev–Trinajstić information content (AvgIpc) is 2.40. The summed E-state index contributed by atoms with van der Waals surface area (Å²) in [6, 6.07) is 7.16. The Hall–Kier alpha value is -1.10. The molecule has 18 heavy (non-hydrogen) atoms. The molecule has 98 valence electrons. The van der Waals surface area contributed by atoms with Crippen molar-refractivity contribution in [1.82, 2.24) is 4.90 Å². The van der Waals surface area contributed by atoms with Gasteiger partial charge in [0.2, 0.25) is 0 Å². The van der Waals surface area contributed by atoms with E-state index in [1.807, 2.05) is 17.0 Å². The zero-order valence-corrected chi connectivity index (χ0v) is 10.9. The summed E-state index contributed by atoms with van der Waals surface area (Å²) in [4.78, 5) is 19.0. The number of rotatable bonds is 3. The number of hydrogen-bond donors (Lipinski definition) is 1. The van der Waals surface area contributed by atoms with Gasteiger partial charge in [-0.25, -0.2) is 5.90 Å². The van der Waals surface area contributed by atoms with E-state index in [0.717, 1.165) is 25.8 Å². The Morgan fingerprint density at radius 2 is 2.22 bits per heavy atom. The Morgan fingerprint density at radius 3 is 2.94 bits per heavy atom. The van der Waals surface area contributed by atoms with Crippen molar-refractivity contribution in [2.45, 2.75) is 25.3 Å². The minimum atomic E-state index is -0.0395. The molecule has 1 aliphatic rings. The van der Waals surface area contributed by atoms with Gasteiger partial charge in [0.1, 0.15) is 0 Å². The average molecular weight is 269 g/mol. The number of nitrogens with zero attached hydrogens (tertiary/aromatic N) is 1. The predicted molar refractivity (Wildman–Crippen MR) is 70.3 cm³/mol. The van der Waals surface area contributed by atoms with Gasteiger partial charge in [-0.05, 0) is 31.4 Å².